The molecule has 1 amide bonds. The molecule has 1 saturated carbocycles. The van der Waals surface area contributed by atoms with Crippen LogP contribution < -0.4 is 5.32 Å². The second kappa shape index (κ2) is 7.44. The van der Waals surface area contributed by atoms with Gasteiger partial charge in [0.1, 0.15) is 5.78 Å². The van der Waals surface area contributed by atoms with E-state index in [0.717, 1.165) is 24.6 Å². The lowest BCUT2D eigenvalue weighted by Gasteiger charge is -2.17. The quantitative estimate of drug-likeness (QED) is 0.891. The molecule has 1 aliphatic rings. The molecule has 5 nitrogen and oxygen atoms in total. The van der Waals surface area contributed by atoms with E-state index in [1.54, 1.807) is 0 Å². The van der Waals surface area contributed by atoms with Crippen LogP contribution in [0.15, 0.2) is 18.3 Å². The summed E-state index contributed by atoms with van der Waals surface area (Å²) in [6, 6.07) is 4.32. The number of hydrogen-bond donors (Lipinski definition) is 1. The number of aromatic nitrogens is 2. The summed E-state index contributed by atoms with van der Waals surface area (Å²) in [5.41, 5.74) is 5.22. The van der Waals surface area contributed by atoms with Crippen molar-refractivity contribution in [2.24, 2.45) is 5.92 Å². The molecular weight excluding hydrogens is 334 g/mol. The molecule has 3 rings (SSSR count). The zero-order chi connectivity index (χ0) is 18.0. The summed E-state index contributed by atoms with van der Waals surface area (Å²) < 4.78 is 7.75. The minimum Gasteiger partial charge on any atom is -0.351 e. The molecule has 1 N–H and O–H groups in total. The summed E-state index contributed by atoms with van der Waals surface area (Å²) in [6.45, 7) is 6.84. The van der Waals surface area contributed by atoms with E-state index in [2.05, 4.69) is 47.0 Å². The molecule has 0 spiro atoms. The van der Waals surface area contributed by atoms with E-state index in [1.165, 1.54) is 28.5 Å². The lowest BCUT2D eigenvalue weighted by atomic mass is 9.87. The topological polar surface area (TPSA) is 72.0 Å². The largest absolute Gasteiger partial charge is 0.351 e. The number of aryl methyl sites for hydroxylation is 3. The average Bonchev–Trinajstić information content (AvgIpc) is 3.17. The number of amides is 1. The van der Waals surface area contributed by atoms with Crippen LogP contribution in [0.2, 0.25) is 0 Å². The summed E-state index contributed by atoms with van der Waals surface area (Å²) in [5.74, 6) is 0.463. The highest BCUT2D eigenvalue weighted by atomic mass is 32.1. The van der Waals surface area contributed by atoms with Crippen molar-refractivity contribution < 1.29 is 9.59 Å². The van der Waals surface area contributed by atoms with Crippen molar-refractivity contribution in [2.45, 2.75) is 46.0 Å². The van der Waals surface area contributed by atoms with Crippen molar-refractivity contribution in [3.8, 4) is 0 Å². The zero-order valence-electron chi connectivity index (χ0n) is 14.8. The lowest BCUT2D eigenvalue weighted by molar-refractivity contribution is -0.118. The van der Waals surface area contributed by atoms with Gasteiger partial charge in [-0.1, -0.05) is 17.7 Å². The predicted octanol–water partition coefficient (Wildman–Crippen LogP) is 3.35. The molecule has 0 aliphatic heterocycles. The average molecular weight is 357 g/mol. The van der Waals surface area contributed by atoms with Gasteiger partial charge in [0.25, 0.3) is 5.91 Å². The van der Waals surface area contributed by atoms with Crippen LogP contribution in [0.3, 0.4) is 0 Å². The van der Waals surface area contributed by atoms with Crippen molar-refractivity contribution in [3.63, 3.8) is 0 Å². The number of hydrogen-bond acceptors (Lipinski definition) is 5. The number of carbonyl (C=O) groups is 2. The number of ketones is 1. The molecule has 1 fully saturated rings. The Kier molecular flexibility index (Phi) is 5.27. The molecule has 1 unspecified atom stereocenters. The molecule has 0 bridgehead atoms. The van der Waals surface area contributed by atoms with E-state index in [9.17, 15) is 9.59 Å². The van der Waals surface area contributed by atoms with E-state index in [-0.39, 0.29) is 11.8 Å². The van der Waals surface area contributed by atoms with Crippen LogP contribution in [0.1, 0.15) is 57.9 Å². The van der Waals surface area contributed by atoms with Crippen LogP contribution in [0.25, 0.3) is 0 Å². The summed E-state index contributed by atoms with van der Waals surface area (Å²) >= 11 is 1.02. The van der Waals surface area contributed by atoms with Crippen LogP contribution in [0.4, 0.5) is 0 Å². The highest BCUT2D eigenvalue weighted by Crippen LogP contribution is 2.39. The highest BCUT2D eigenvalue weighted by molar-refractivity contribution is 6.99. The van der Waals surface area contributed by atoms with Crippen LogP contribution in [-0.2, 0) is 4.79 Å². The first kappa shape index (κ1) is 17.7. The summed E-state index contributed by atoms with van der Waals surface area (Å²) in [6.07, 6.45) is 3.76. The Morgan fingerprint density at radius 3 is 2.64 bits per heavy atom. The summed E-state index contributed by atoms with van der Waals surface area (Å²) in [4.78, 5) is 24.4. The maximum Gasteiger partial charge on any atom is 0.272 e. The lowest BCUT2D eigenvalue weighted by Crippen LogP contribution is -2.25. The van der Waals surface area contributed by atoms with Gasteiger partial charge < -0.3 is 5.32 Å². The fraction of sp³-hybridized carbons (Fsp3) is 0.474. The van der Waals surface area contributed by atoms with Crippen LogP contribution >= 0.6 is 11.7 Å². The third-order valence-electron chi connectivity index (χ3n) is 4.97. The predicted molar refractivity (Wildman–Crippen MR) is 98.0 cm³/mol. The molecule has 1 heterocycles. The van der Waals surface area contributed by atoms with Crippen molar-refractivity contribution in [3.05, 3.63) is 46.3 Å². The van der Waals surface area contributed by atoms with Gasteiger partial charge in [-0.3, -0.25) is 9.59 Å². The molecule has 0 radical (unpaired) electrons. The van der Waals surface area contributed by atoms with Crippen molar-refractivity contribution >= 4 is 23.4 Å². The molecule has 2 atom stereocenters. The maximum atomic E-state index is 12.6. The van der Waals surface area contributed by atoms with Crippen LogP contribution in [0, 0.1) is 26.7 Å². The molecule has 1 aliphatic carbocycles. The Bertz CT molecular complexity index is 763. The number of Topliss-reactive ketones (excluding diaryl/α,β-unsaturated/α-hetero) is 1. The molecular formula is C19H23N3O2S. The zero-order valence-corrected chi connectivity index (χ0v) is 15.7. The normalized spacial score (nSPS) is 20.0. The van der Waals surface area contributed by atoms with Crippen molar-refractivity contribution in [1.29, 1.82) is 0 Å². The second-order valence-electron chi connectivity index (χ2n) is 6.97. The van der Waals surface area contributed by atoms with Gasteiger partial charge in [-0.15, -0.1) is 0 Å². The second-order valence-corrected chi connectivity index (χ2v) is 7.53. The van der Waals surface area contributed by atoms with E-state index >= 15 is 0 Å². The SMILES string of the molecule is Cc1cc(C)c([C@H]2CC(CCNC(=O)c3cnsn3)CC2=O)c(C)c1. The fourth-order valence-electron chi connectivity index (χ4n) is 3.96. The minimum absolute atomic E-state index is 0.00374. The van der Waals surface area contributed by atoms with Crippen molar-refractivity contribution in [1.82, 2.24) is 14.1 Å². The van der Waals surface area contributed by atoms with Gasteiger partial charge in [-0.25, -0.2) is 0 Å². The molecule has 1 aromatic carbocycles. The first-order valence-corrected chi connectivity index (χ1v) is 9.35. The fourth-order valence-corrected chi connectivity index (χ4v) is 4.37. The van der Waals surface area contributed by atoms with E-state index in [0.29, 0.717) is 30.4 Å². The van der Waals surface area contributed by atoms with Gasteiger partial charge in [0.05, 0.1) is 17.9 Å². The van der Waals surface area contributed by atoms with Crippen LogP contribution in [-0.4, -0.2) is 27.0 Å². The monoisotopic (exact) mass is 357 g/mol. The summed E-state index contributed by atoms with van der Waals surface area (Å²) in [7, 11) is 0. The van der Waals surface area contributed by atoms with Gasteiger partial charge in [-0.05, 0) is 56.2 Å². The first-order chi connectivity index (χ1) is 12.0. The van der Waals surface area contributed by atoms with Gasteiger partial charge in [-0.2, -0.15) is 8.75 Å². The Balaban J connectivity index is 1.59. The third-order valence-corrected chi connectivity index (χ3v) is 5.44. The smallest absolute Gasteiger partial charge is 0.272 e. The Morgan fingerprint density at radius 1 is 1.28 bits per heavy atom. The Hall–Kier alpha value is -2.08. The number of carbonyl (C=O) groups excluding carboxylic acids is 2. The van der Waals surface area contributed by atoms with E-state index in [1.807, 2.05) is 0 Å². The first-order valence-electron chi connectivity index (χ1n) is 8.62. The highest BCUT2D eigenvalue weighted by Gasteiger charge is 2.34. The number of rotatable bonds is 5. The standard InChI is InChI=1S/C19H23N3O2S/c1-11-6-12(2)18(13(3)7-11)15-8-14(9-17(15)23)4-5-20-19(24)16-10-21-25-22-16/h6-7,10,14-15H,4-5,8-9H2,1-3H3,(H,20,24)/t14?,15-/m0/s1. The van der Waals surface area contributed by atoms with Gasteiger partial charge in [0.15, 0.2) is 5.69 Å². The van der Waals surface area contributed by atoms with E-state index < -0.39 is 0 Å². The molecule has 1 aromatic heterocycles. The Morgan fingerprint density at radius 2 is 2.00 bits per heavy atom. The molecule has 6 heteroatoms. The minimum atomic E-state index is -0.195. The third kappa shape index (κ3) is 3.95. The summed E-state index contributed by atoms with van der Waals surface area (Å²) in [5, 5.41) is 2.87. The van der Waals surface area contributed by atoms with Gasteiger partial charge in [0.2, 0.25) is 0 Å². The molecule has 2 aromatic rings. The maximum absolute atomic E-state index is 12.6. The van der Waals surface area contributed by atoms with Crippen molar-refractivity contribution in [2.75, 3.05) is 6.54 Å². The molecule has 25 heavy (non-hydrogen) atoms. The number of nitrogens with one attached hydrogen (secondary N) is 1. The Labute approximate surface area is 152 Å². The number of nitrogens with zero attached hydrogens (tertiary/aromatic N) is 2. The molecule has 132 valence electrons. The molecule has 0 saturated heterocycles. The van der Waals surface area contributed by atoms with Crippen LogP contribution in [0.5, 0.6) is 0 Å². The number of benzene rings is 1. The van der Waals surface area contributed by atoms with Gasteiger partial charge in [0, 0.05) is 18.9 Å². The van der Waals surface area contributed by atoms with Gasteiger partial charge >= 0.3 is 0 Å². The van der Waals surface area contributed by atoms with E-state index in [4.69, 9.17) is 0 Å².